The van der Waals surface area contributed by atoms with Gasteiger partial charge in [0, 0.05) is 25.7 Å². The number of carbonyl (C=O) groups excluding carboxylic acids is 4. The van der Waals surface area contributed by atoms with Gasteiger partial charge in [0.05, 0.1) is 26.4 Å². The molecule has 0 rings (SSSR count). The first-order valence-corrected chi connectivity index (χ1v) is 36.4. The lowest BCUT2D eigenvalue weighted by Gasteiger charge is -2.21. The largest absolute Gasteiger partial charge is 0.472 e. The van der Waals surface area contributed by atoms with Gasteiger partial charge in [-0.15, -0.1) is 0 Å². The summed E-state index contributed by atoms with van der Waals surface area (Å²) in [6, 6.07) is 0. The molecule has 19 heteroatoms. The number of hydrogen-bond acceptors (Lipinski definition) is 15. The number of unbranched alkanes of at least 4 members (excludes halogenated alkanes) is 32. The van der Waals surface area contributed by atoms with Crippen LogP contribution < -0.4 is 0 Å². The second-order valence-corrected chi connectivity index (χ2v) is 26.2. The molecule has 494 valence electrons. The number of carbonyl (C=O) groups is 4. The molecule has 3 N–H and O–H groups in total. The van der Waals surface area contributed by atoms with E-state index in [1.807, 2.05) is 0 Å². The minimum atomic E-state index is -4.95. The van der Waals surface area contributed by atoms with Gasteiger partial charge in [-0.1, -0.05) is 252 Å². The fourth-order valence-electron chi connectivity index (χ4n) is 9.22. The van der Waals surface area contributed by atoms with E-state index in [0.29, 0.717) is 25.7 Å². The number of rotatable bonds is 63. The van der Waals surface area contributed by atoms with E-state index in [4.69, 9.17) is 37.0 Å². The number of esters is 4. The molecular weight excluding hydrogens is 1110 g/mol. The van der Waals surface area contributed by atoms with E-state index in [0.717, 1.165) is 115 Å². The second-order valence-electron chi connectivity index (χ2n) is 23.3. The fourth-order valence-corrected chi connectivity index (χ4v) is 10.8. The van der Waals surface area contributed by atoms with Crippen molar-refractivity contribution in [3.05, 3.63) is 24.3 Å². The summed E-state index contributed by atoms with van der Waals surface area (Å²) >= 11 is 0. The molecule has 0 aliphatic rings. The van der Waals surface area contributed by atoms with E-state index in [2.05, 4.69) is 58.9 Å². The van der Waals surface area contributed by atoms with Crippen molar-refractivity contribution in [2.24, 2.45) is 5.92 Å². The van der Waals surface area contributed by atoms with Crippen molar-refractivity contribution in [1.29, 1.82) is 0 Å². The van der Waals surface area contributed by atoms with Crippen molar-refractivity contribution < 1.29 is 80.2 Å². The summed E-state index contributed by atoms with van der Waals surface area (Å²) in [6.07, 6.45) is 45.6. The van der Waals surface area contributed by atoms with Gasteiger partial charge in [-0.3, -0.25) is 37.3 Å². The minimum Gasteiger partial charge on any atom is -0.462 e. The monoisotopic (exact) mass is 1240 g/mol. The van der Waals surface area contributed by atoms with Gasteiger partial charge in [0.15, 0.2) is 12.2 Å². The van der Waals surface area contributed by atoms with Crippen LogP contribution in [0.5, 0.6) is 0 Å². The molecule has 0 aliphatic carbocycles. The first-order valence-electron chi connectivity index (χ1n) is 33.5. The predicted octanol–water partition coefficient (Wildman–Crippen LogP) is 17.7. The van der Waals surface area contributed by atoms with E-state index in [1.165, 1.54) is 109 Å². The summed E-state index contributed by atoms with van der Waals surface area (Å²) in [5.74, 6) is -1.40. The Bertz CT molecular complexity index is 1730. The van der Waals surface area contributed by atoms with E-state index in [-0.39, 0.29) is 25.7 Å². The Balaban J connectivity index is 5.21. The Morgan fingerprint density at radius 2 is 0.643 bits per heavy atom. The minimum absolute atomic E-state index is 0.0849. The Morgan fingerprint density at radius 1 is 0.369 bits per heavy atom. The number of phosphoric ester groups is 2. The fraction of sp³-hybridized carbons (Fsp3) is 0.877. The summed E-state index contributed by atoms with van der Waals surface area (Å²) in [6.45, 7) is 7.04. The van der Waals surface area contributed by atoms with Crippen LogP contribution in [-0.4, -0.2) is 96.7 Å². The zero-order chi connectivity index (χ0) is 62.0. The van der Waals surface area contributed by atoms with E-state index in [1.54, 1.807) is 0 Å². The van der Waals surface area contributed by atoms with Gasteiger partial charge in [0.1, 0.15) is 19.3 Å². The highest BCUT2D eigenvalue weighted by molar-refractivity contribution is 7.47. The SMILES string of the molecule is CCCCCC/C=C\C=C/CCCCCCCC(=O)O[C@H](COC(=O)CCCCCCCCCCCCCC(C)C)COP(=O)(O)OC[C@@H](O)COP(=O)(O)OC[C@@H](COC(=O)CCCCCCC)OC(=O)CCCCCCCCCCCC. The molecule has 0 saturated carbocycles. The molecular formula is C65H122O17P2. The molecule has 0 aromatic heterocycles. The van der Waals surface area contributed by atoms with Gasteiger partial charge < -0.3 is 33.8 Å². The van der Waals surface area contributed by atoms with Crippen molar-refractivity contribution in [1.82, 2.24) is 0 Å². The Hall–Kier alpha value is -2.46. The zero-order valence-electron chi connectivity index (χ0n) is 53.5. The number of aliphatic hydroxyl groups is 1. The first kappa shape index (κ1) is 81.5. The van der Waals surface area contributed by atoms with Gasteiger partial charge >= 0.3 is 39.5 Å². The standard InChI is InChI=1S/C65H122O17P2/c1-6-9-12-15-17-19-21-22-23-24-27-32-36-41-46-51-65(70)82-61(55-76-63(68)49-44-39-34-31-28-25-26-29-33-38-42-47-58(4)5)57-80-84(73,74)78-53-59(66)52-77-83(71,72)79-56-60(54-75-62(67)48-43-37-14-11-8-3)81-64(69)50-45-40-35-30-20-18-16-13-10-7-2/h19,21-23,58-61,66H,6-18,20,24-57H2,1-5H3,(H,71,72)(H,73,74)/b21-19-,23-22-/t59-,60+,61+/m0/s1. The molecule has 0 aromatic rings. The molecule has 0 radical (unpaired) electrons. The van der Waals surface area contributed by atoms with Crippen LogP contribution in [0.1, 0.15) is 304 Å². The smallest absolute Gasteiger partial charge is 0.462 e. The van der Waals surface area contributed by atoms with E-state index >= 15 is 0 Å². The summed E-state index contributed by atoms with van der Waals surface area (Å²) in [7, 11) is -9.89. The van der Waals surface area contributed by atoms with Gasteiger partial charge in [0.25, 0.3) is 0 Å². The first-order chi connectivity index (χ1) is 40.5. The zero-order valence-corrected chi connectivity index (χ0v) is 55.3. The number of allylic oxidation sites excluding steroid dienone is 4. The molecule has 5 atom stereocenters. The van der Waals surface area contributed by atoms with Crippen LogP contribution in [0.25, 0.3) is 0 Å². The van der Waals surface area contributed by atoms with Crippen LogP contribution in [-0.2, 0) is 65.4 Å². The maximum atomic E-state index is 13.0. The summed E-state index contributed by atoms with van der Waals surface area (Å²) in [5.41, 5.74) is 0. The Morgan fingerprint density at radius 3 is 0.976 bits per heavy atom. The molecule has 0 amide bonds. The van der Waals surface area contributed by atoms with E-state index in [9.17, 15) is 43.2 Å². The lowest BCUT2D eigenvalue weighted by Crippen LogP contribution is -2.30. The molecule has 0 aromatic carbocycles. The van der Waals surface area contributed by atoms with Crippen LogP contribution in [0.4, 0.5) is 0 Å². The van der Waals surface area contributed by atoms with Gasteiger partial charge in [-0.25, -0.2) is 9.13 Å². The number of aliphatic hydroxyl groups excluding tert-OH is 1. The number of phosphoric acid groups is 2. The third-order valence-electron chi connectivity index (χ3n) is 14.4. The molecule has 0 heterocycles. The summed E-state index contributed by atoms with van der Waals surface area (Å²) < 4.78 is 67.8. The molecule has 84 heavy (non-hydrogen) atoms. The van der Waals surface area contributed by atoms with Crippen LogP contribution in [0.15, 0.2) is 24.3 Å². The average molecular weight is 1240 g/mol. The van der Waals surface area contributed by atoms with Crippen molar-refractivity contribution in [2.45, 2.75) is 323 Å². The second kappa shape index (κ2) is 58.2. The third kappa shape index (κ3) is 58.6. The predicted molar refractivity (Wildman–Crippen MR) is 335 cm³/mol. The molecule has 17 nitrogen and oxygen atoms in total. The maximum Gasteiger partial charge on any atom is 0.472 e. The van der Waals surface area contributed by atoms with Crippen LogP contribution in [0.2, 0.25) is 0 Å². The molecule has 0 bridgehead atoms. The quantitative estimate of drug-likeness (QED) is 0.0169. The molecule has 0 spiro atoms. The van der Waals surface area contributed by atoms with Crippen LogP contribution in [0, 0.1) is 5.92 Å². The average Bonchev–Trinajstić information content (AvgIpc) is 3.64. The normalized spacial score (nSPS) is 14.4. The molecule has 0 aliphatic heterocycles. The summed E-state index contributed by atoms with van der Waals surface area (Å²) in [5, 5.41) is 10.5. The summed E-state index contributed by atoms with van der Waals surface area (Å²) in [4.78, 5) is 72.0. The Kier molecular flexibility index (Phi) is 56.5. The molecule has 2 unspecified atom stereocenters. The van der Waals surface area contributed by atoms with Gasteiger partial charge in [-0.05, 0) is 57.3 Å². The lowest BCUT2D eigenvalue weighted by molar-refractivity contribution is -0.161. The molecule has 0 saturated heterocycles. The van der Waals surface area contributed by atoms with Crippen LogP contribution in [0.3, 0.4) is 0 Å². The highest BCUT2D eigenvalue weighted by Crippen LogP contribution is 2.45. The molecule has 0 fully saturated rings. The van der Waals surface area contributed by atoms with E-state index < -0.39 is 97.5 Å². The topological polar surface area (TPSA) is 237 Å². The lowest BCUT2D eigenvalue weighted by atomic mass is 10.0. The van der Waals surface area contributed by atoms with Crippen molar-refractivity contribution in [3.8, 4) is 0 Å². The maximum absolute atomic E-state index is 13.0. The number of hydrogen-bond donors (Lipinski definition) is 3. The Labute approximate surface area is 510 Å². The van der Waals surface area contributed by atoms with Crippen molar-refractivity contribution in [2.75, 3.05) is 39.6 Å². The van der Waals surface area contributed by atoms with Gasteiger partial charge in [-0.2, -0.15) is 0 Å². The van der Waals surface area contributed by atoms with Gasteiger partial charge in [0.2, 0.25) is 0 Å². The van der Waals surface area contributed by atoms with Crippen molar-refractivity contribution >= 4 is 39.5 Å². The van der Waals surface area contributed by atoms with Crippen molar-refractivity contribution in [3.63, 3.8) is 0 Å². The third-order valence-corrected chi connectivity index (χ3v) is 16.3. The highest BCUT2D eigenvalue weighted by atomic mass is 31.2. The number of ether oxygens (including phenoxy) is 4. The highest BCUT2D eigenvalue weighted by Gasteiger charge is 2.30. The van der Waals surface area contributed by atoms with Crippen LogP contribution >= 0.6 is 15.6 Å².